The summed E-state index contributed by atoms with van der Waals surface area (Å²) in [6.07, 6.45) is 0.953. The molecular weight excluding hydrogens is 280 g/mol. The summed E-state index contributed by atoms with van der Waals surface area (Å²) < 4.78 is 15.9. The molecular formula is C18H20O4. The van der Waals surface area contributed by atoms with Gasteiger partial charge in [-0.1, -0.05) is 19.1 Å². The monoisotopic (exact) mass is 300 g/mol. The molecule has 0 aromatic heterocycles. The van der Waals surface area contributed by atoms with Crippen molar-refractivity contribution < 1.29 is 19.0 Å². The quantitative estimate of drug-likeness (QED) is 0.578. The zero-order valence-electron chi connectivity index (χ0n) is 12.9. The number of carbonyl (C=O) groups is 1. The summed E-state index contributed by atoms with van der Waals surface area (Å²) in [5, 5.41) is 0. The van der Waals surface area contributed by atoms with Gasteiger partial charge < -0.3 is 14.2 Å². The Morgan fingerprint density at radius 2 is 1.36 bits per heavy atom. The number of ether oxygens (including phenoxy) is 3. The Labute approximate surface area is 130 Å². The van der Waals surface area contributed by atoms with Gasteiger partial charge in [-0.2, -0.15) is 0 Å². The molecule has 0 fully saturated rings. The number of benzene rings is 2. The molecule has 0 amide bonds. The number of rotatable bonds is 7. The van der Waals surface area contributed by atoms with Crippen molar-refractivity contribution in [1.29, 1.82) is 0 Å². The van der Waals surface area contributed by atoms with E-state index in [9.17, 15) is 4.79 Å². The molecule has 116 valence electrons. The standard InChI is InChI=1S/C18H20O4/c1-3-14-5-7-17(8-6-14)22-18(19)13-21-16-11-9-15(10-12-16)20-4-2/h5-12H,3-4,13H2,1-2H3. The topological polar surface area (TPSA) is 44.8 Å². The van der Waals surface area contributed by atoms with Gasteiger partial charge in [0.2, 0.25) is 0 Å². The summed E-state index contributed by atoms with van der Waals surface area (Å²) in [5.74, 6) is 1.46. The van der Waals surface area contributed by atoms with Crippen LogP contribution < -0.4 is 14.2 Å². The maximum absolute atomic E-state index is 11.7. The van der Waals surface area contributed by atoms with E-state index in [2.05, 4.69) is 6.92 Å². The van der Waals surface area contributed by atoms with Crippen molar-refractivity contribution in [1.82, 2.24) is 0 Å². The second kappa shape index (κ2) is 8.08. The molecule has 0 bridgehead atoms. The van der Waals surface area contributed by atoms with Crippen LogP contribution in [-0.4, -0.2) is 19.2 Å². The second-order valence-electron chi connectivity index (χ2n) is 4.66. The first kappa shape index (κ1) is 15.9. The van der Waals surface area contributed by atoms with Gasteiger partial charge in [-0.3, -0.25) is 0 Å². The summed E-state index contributed by atoms with van der Waals surface area (Å²) >= 11 is 0. The number of hydrogen-bond donors (Lipinski definition) is 0. The Hall–Kier alpha value is -2.49. The molecule has 4 nitrogen and oxygen atoms in total. The van der Waals surface area contributed by atoms with Crippen molar-refractivity contribution in [2.75, 3.05) is 13.2 Å². The van der Waals surface area contributed by atoms with E-state index in [1.165, 1.54) is 5.56 Å². The number of aryl methyl sites for hydroxylation is 1. The summed E-state index contributed by atoms with van der Waals surface area (Å²) in [6.45, 7) is 4.48. The summed E-state index contributed by atoms with van der Waals surface area (Å²) in [5.41, 5.74) is 1.20. The summed E-state index contributed by atoms with van der Waals surface area (Å²) in [7, 11) is 0. The number of hydrogen-bond acceptors (Lipinski definition) is 4. The van der Waals surface area contributed by atoms with Crippen molar-refractivity contribution in [3.8, 4) is 17.2 Å². The molecule has 4 heteroatoms. The fraction of sp³-hybridized carbons (Fsp3) is 0.278. The van der Waals surface area contributed by atoms with Gasteiger partial charge >= 0.3 is 5.97 Å². The molecule has 0 aliphatic rings. The zero-order valence-corrected chi connectivity index (χ0v) is 12.9. The van der Waals surface area contributed by atoms with Crippen molar-refractivity contribution in [3.63, 3.8) is 0 Å². The summed E-state index contributed by atoms with van der Waals surface area (Å²) in [6, 6.07) is 14.6. The molecule has 0 saturated heterocycles. The lowest BCUT2D eigenvalue weighted by atomic mass is 10.2. The Morgan fingerprint density at radius 1 is 0.818 bits per heavy atom. The van der Waals surface area contributed by atoms with E-state index in [1.807, 2.05) is 19.1 Å². The molecule has 0 unspecified atom stereocenters. The molecule has 0 aliphatic carbocycles. The van der Waals surface area contributed by atoms with Crippen LogP contribution in [0.2, 0.25) is 0 Å². The van der Waals surface area contributed by atoms with E-state index in [-0.39, 0.29) is 6.61 Å². The third-order valence-corrected chi connectivity index (χ3v) is 3.05. The fourth-order valence-corrected chi connectivity index (χ4v) is 1.90. The van der Waals surface area contributed by atoms with Gasteiger partial charge in [0.15, 0.2) is 6.61 Å². The lowest BCUT2D eigenvalue weighted by Crippen LogP contribution is -2.17. The minimum absolute atomic E-state index is 0.135. The lowest BCUT2D eigenvalue weighted by Gasteiger charge is -2.08. The van der Waals surface area contributed by atoms with Gasteiger partial charge in [-0.15, -0.1) is 0 Å². The maximum Gasteiger partial charge on any atom is 0.349 e. The van der Waals surface area contributed by atoms with Crippen molar-refractivity contribution in [2.45, 2.75) is 20.3 Å². The second-order valence-corrected chi connectivity index (χ2v) is 4.66. The largest absolute Gasteiger partial charge is 0.494 e. The number of esters is 1. The fourth-order valence-electron chi connectivity index (χ4n) is 1.90. The first-order chi connectivity index (χ1) is 10.7. The van der Waals surface area contributed by atoms with Crippen LogP contribution in [0.1, 0.15) is 19.4 Å². The molecule has 22 heavy (non-hydrogen) atoms. The van der Waals surface area contributed by atoms with Crippen LogP contribution in [0, 0.1) is 0 Å². The van der Waals surface area contributed by atoms with Gasteiger partial charge in [0.1, 0.15) is 17.2 Å². The van der Waals surface area contributed by atoms with Crippen LogP contribution in [-0.2, 0) is 11.2 Å². The predicted octanol–water partition coefficient (Wildman–Crippen LogP) is 3.63. The Morgan fingerprint density at radius 3 is 1.91 bits per heavy atom. The minimum atomic E-state index is -0.432. The van der Waals surface area contributed by atoms with E-state index >= 15 is 0 Å². The van der Waals surface area contributed by atoms with Crippen molar-refractivity contribution >= 4 is 5.97 Å². The van der Waals surface area contributed by atoms with Crippen LogP contribution in [0.25, 0.3) is 0 Å². The van der Waals surface area contributed by atoms with E-state index in [1.54, 1.807) is 36.4 Å². The Kier molecular flexibility index (Phi) is 5.83. The van der Waals surface area contributed by atoms with Gasteiger partial charge in [0, 0.05) is 0 Å². The van der Waals surface area contributed by atoms with Crippen LogP contribution in [0.15, 0.2) is 48.5 Å². The maximum atomic E-state index is 11.7. The highest BCUT2D eigenvalue weighted by atomic mass is 16.6. The molecule has 0 radical (unpaired) electrons. The van der Waals surface area contributed by atoms with Crippen molar-refractivity contribution in [3.05, 3.63) is 54.1 Å². The molecule has 0 N–H and O–H groups in total. The highest BCUT2D eigenvalue weighted by Crippen LogP contribution is 2.18. The van der Waals surface area contributed by atoms with Crippen LogP contribution in [0.3, 0.4) is 0 Å². The molecule has 0 saturated carbocycles. The lowest BCUT2D eigenvalue weighted by molar-refractivity contribution is -0.136. The SMILES string of the molecule is CCOc1ccc(OCC(=O)Oc2ccc(CC)cc2)cc1. The highest BCUT2D eigenvalue weighted by Gasteiger charge is 2.06. The zero-order chi connectivity index (χ0) is 15.8. The van der Waals surface area contributed by atoms with Gasteiger partial charge in [0.05, 0.1) is 6.61 Å². The number of carbonyl (C=O) groups excluding carboxylic acids is 1. The average molecular weight is 300 g/mol. The molecule has 0 atom stereocenters. The van der Waals surface area contributed by atoms with Crippen LogP contribution in [0.4, 0.5) is 0 Å². The van der Waals surface area contributed by atoms with Crippen molar-refractivity contribution in [2.24, 2.45) is 0 Å². The highest BCUT2D eigenvalue weighted by molar-refractivity contribution is 5.73. The molecule has 0 heterocycles. The minimum Gasteiger partial charge on any atom is -0.494 e. The molecule has 2 rings (SSSR count). The Bertz CT molecular complexity index is 587. The third kappa shape index (κ3) is 4.81. The molecule has 2 aromatic rings. The van der Waals surface area contributed by atoms with Gasteiger partial charge in [0.25, 0.3) is 0 Å². The van der Waals surface area contributed by atoms with Crippen LogP contribution in [0.5, 0.6) is 17.2 Å². The van der Waals surface area contributed by atoms with E-state index in [0.29, 0.717) is 18.1 Å². The smallest absolute Gasteiger partial charge is 0.349 e. The van der Waals surface area contributed by atoms with E-state index in [0.717, 1.165) is 12.2 Å². The first-order valence-electron chi connectivity index (χ1n) is 7.36. The normalized spacial score (nSPS) is 10.1. The Balaban J connectivity index is 1.81. The molecule has 0 spiro atoms. The van der Waals surface area contributed by atoms with Crippen LogP contribution >= 0.6 is 0 Å². The first-order valence-corrected chi connectivity index (χ1v) is 7.36. The molecule has 2 aromatic carbocycles. The third-order valence-electron chi connectivity index (χ3n) is 3.05. The predicted molar refractivity (Wildman–Crippen MR) is 84.6 cm³/mol. The van der Waals surface area contributed by atoms with Gasteiger partial charge in [-0.05, 0) is 55.3 Å². The van der Waals surface area contributed by atoms with E-state index < -0.39 is 5.97 Å². The van der Waals surface area contributed by atoms with Gasteiger partial charge in [-0.25, -0.2) is 4.79 Å². The average Bonchev–Trinajstić information content (AvgIpc) is 2.55. The molecule has 0 aliphatic heterocycles. The van der Waals surface area contributed by atoms with E-state index in [4.69, 9.17) is 14.2 Å². The summed E-state index contributed by atoms with van der Waals surface area (Å²) in [4.78, 5) is 11.7.